The lowest BCUT2D eigenvalue weighted by Crippen LogP contribution is -2.23. The van der Waals surface area contributed by atoms with Crippen LogP contribution in [0.15, 0.2) is 46.8 Å². The third kappa shape index (κ3) is 3.60. The first-order valence-electron chi connectivity index (χ1n) is 9.06. The van der Waals surface area contributed by atoms with Crippen LogP contribution in [0.1, 0.15) is 25.6 Å². The highest BCUT2D eigenvalue weighted by Gasteiger charge is 2.28. The fourth-order valence-corrected chi connectivity index (χ4v) is 5.19. The molecule has 0 spiro atoms. The highest BCUT2D eigenvalue weighted by atomic mass is 32.1. The van der Waals surface area contributed by atoms with Crippen LogP contribution >= 0.6 is 22.7 Å². The predicted octanol–water partition coefficient (Wildman–Crippen LogP) is 3.39. The zero-order chi connectivity index (χ0) is 22.1. The second-order valence-corrected chi connectivity index (χ2v) is 8.42. The van der Waals surface area contributed by atoms with Gasteiger partial charge >= 0.3 is 11.9 Å². The van der Waals surface area contributed by atoms with Crippen molar-refractivity contribution in [3.8, 4) is 11.1 Å². The number of rotatable bonds is 5. The normalized spacial score (nSPS) is 10.9. The minimum Gasteiger partial charge on any atom is -0.465 e. The number of hydrogen-bond acceptors (Lipinski definition) is 9. The number of nitrogens with two attached hydrogens (primary N) is 1. The lowest BCUT2D eigenvalue weighted by Gasteiger charge is -2.09. The van der Waals surface area contributed by atoms with E-state index in [1.54, 1.807) is 0 Å². The maximum atomic E-state index is 13.4. The third-order valence-electron chi connectivity index (χ3n) is 4.77. The van der Waals surface area contributed by atoms with Gasteiger partial charge in [0.1, 0.15) is 14.7 Å². The molecule has 3 heterocycles. The Kier molecular flexibility index (Phi) is 5.57. The molecule has 0 bridgehead atoms. The summed E-state index contributed by atoms with van der Waals surface area (Å²) >= 11 is 2.29. The van der Waals surface area contributed by atoms with Crippen LogP contribution in [0, 0.1) is 0 Å². The Bertz CT molecular complexity index is 1350. The molecule has 4 aromatic rings. The number of hydrogen-bond donors (Lipinski definition) is 1. The fraction of sp³-hybridized carbons (Fsp3) is 0.143. The van der Waals surface area contributed by atoms with E-state index in [1.165, 1.54) is 36.5 Å². The second-order valence-electron chi connectivity index (χ2n) is 6.51. The van der Waals surface area contributed by atoms with Crippen LogP contribution in [0.5, 0.6) is 0 Å². The molecule has 4 rings (SSSR count). The van der Waals surface area contributed by atoms with Gasteiger partial charge in [-0.05, 0) is 5.56 Å². The summed E-state index contributed by atoms with van der Waals surface area (Å²) in [6.45, 7) is -0.0889. The number of aromatic nitrogens is 2. The number of nitrogen functional groups attached to an aromatic ring is 1. The summed E-state index contributed by atoms with van der Waals surface area (Å²) in [6.07, 6.45) is 1.39. The summed E-state index contributed by atoms with van der Waals surface area (Å²) in [7, 11) is 2.45. The average molecular weight is 456 g/mol. The number of thiophene rings is 2. The molecule has 0 radical (unpaired) electrons. The molecule has 2 N–H and O–H groups in total. The predicted molar refractivity (Wildman–Crippen MR) is 120 cm³/mol. The van der Waals surface area contributed by atoms with E-state index < -0.39 is 11.9 Å². The number of esters is 2. The lowest BCUT2D eigenvalue weighted by molar-refractivity contribution is 0.0601. The van der Waals surface area contributed by atoms with Gasteiger partial charge in [-0.3, -0.25) is 9.36 Å². The van der Waals surface area contributed by atoms with E-state index in [9.17, 15) is 14.4 Å². The van der Waals surface area contributed by atoms with Gasteiger partial charge in [-0.15, -0.1) is 22.7 Å². The molecule has 0 aliphatic carbocycles. The minimum absolute atomic E-state index is 0.0495. The summed E-state index contributed by atoms with van der Waals surface area (Å²) in [4.78, 5) is 43.1. The molecule has 0 aliphatic heterocycles. The third-order valence-corrected chi connectivity index (χ3v) is 6.70. The van der Waals surface area contributed by atoms with Crippen molar-refractivity contribution in [2.75, 3.05) is 20.0 Å². The van der Waals surface area contributed by atoms with Gasteiger partial charge < -0.3 is 15.2 Å². The monoisotopic (exact) mass is 455 g/mol. The van der Waals surface area contributed by atoms with Crippen LogP contribution in [0.4, 0.5) is 5.00 Å². The molecule has 0 fully saturated rings. The Morgan fingerprint density at radius 1 is 1.13 bits per heavy atom. The van der Waals surface area contributed by atoms with Gasteiger partial charge in [-0.2, -0.15) is 0 Å². The van der Waals surface area contributed by atoms with Crippen molar-refractivity contribution in [2.24, 2.45) is 0 Å². The summed E-state index contributed by atoms with van der Waals surface area (Å²) in [6, 6.07) is 9.53. The number of benzene rings is 1. The Morgan fingerprint density at radius 3 is 2.52 bits per heavy atom. The molecular weight excluding hydrogens is 438 g/mol. The van der Waals surface area contributed by atoms with E-state index in [-0.39, 0.29) is 33.1 Å². The van der Waals surface area contributed by atoms with Gasteiger partial charge in [0.25, 0.3) is 5.56 Å². The number of anilines is 1. The van der Waals surface area contributed by atoms with Gasteiger partial charge in [0.05, 0.1) is 38.0 Å². The quantitative estimate of drug-likeness (QED) is 0.459. The molecule has 1 aromatic carbocycles. The standard InChI is InChI=1S/C21H17N3O5S2/c1-28-20(26)14-12(16(21(27)29-2)31-17(14)22)8-24-10-23-18-15(19(24)25)13(9-30-18)11-6-4-3-5-7-11/h3-7,9-10H,8,22H2,1-2H3. The zero-order valence-corrected chi connectivity index (χ0v) is 18.2. The van der Waals surface area contributed by atoms with E-state index in [2.05, 4.69) is 4.98 Å². The first-order valence-corrected chi connectivity index (χ1v) is 10.8. The maximum Gasteiger partial charge on any atom is 0.348 e. The van der Waals surface area contributed by atoms with Gasteiger partial charge in [-0.25, -0.2) is 14.6 Å². The smallest absolute Gasteiger partial charge is 0.348 e. The molecular formula is C21H17N3O5S2. The topological polar surface area (TPSA) is 114 Å². The Labute approximate surface area is 184 Å². The molecule has 158 valence electrons. The number of methoxy groups -OCH3 is 2. The van der Waals surface area contributed by atoms with Crippen molar-refractivity contribution < 1.29 is 19.1 Å². The van der Waals surface area contributed by atoms with E-state index in [0.29, 0.717) is 10.2 Å². The van der Waals surface area contributed by atoms with Crippen molar-refractivity contribution >= 4 is 49.8 Å². The van der Waals surface area contributed by atoms with Crippen LogP contribution in [0.2, 0.25) is 0 Å². The van der Waals surface area contributed by atoms with Crippen LogP contribution in [-0.2, 0) is 16.0 Å². The van der Waals surface area contributed by atoms with Crippen LogP contribution in [-0.4, -0.2) is 35.7 Å². The average Bonchev–Trinajstić information content (AvgIpc) is 3.37. The SMILES string of the molecule is COC(=O)c1sc(N)c(C(=O)OC)c1Cn1cnc2scc(-c3ccccc3)c2c1=O. The van der Waals surface area contributed by atoms with Crippen LogP contribution in [0.3, 0.4) is 0 Å². The molecule has 8 nitrogen and oxygen atoms in total. The number of ether oxygens (including phenoxy) is 2. The highest BCUT2D eigenvalue weighted by molar-refractivity contribution is 7.18. The first kappa shape index (κ1) is 20.8. The van der Waals surface area contributed by atoms with Crippen LogP contribution in [0.25, 0.3) is 21.3 Å². The summed E-state index contributed by atoms with van der Waals surface area (Å²) in [5.41, 5.74) is 7.68. The van der Waals surface area contributed by atoms with E-state index >= 15 is 0 Å². The summed E-state index contributed by atoms with van der Waals surface area (Å²) in [5, 5.41) is 2.48. The molecule has 3 aromatic heterocycles. The molecule has 0 aliphatic rings. The van der Waals surface area contributed by atoms with Gasteiger partial charge in [-0.1, -0.05) is 30.3 Å². The molecule has 0 saturated heterocycles. The molecule has 0 saturated carbocycles. The van der Waals surface area contributed by atoms with Gasteiger partial charge in [0.2, 0.25) is 0 Å². The zero-order valence-electron chi connectivity index (χ0n) is 16.6. The molecule has 31 heavy (non-hydrogen) atoms. The van der Waals surface area contributed by atoms with E-state index in [0.717, 1.165) is 22.5 Å². The first-order chi connectivity index (χ1) is 15.0. The van der Waals surface area contributed by atoms with Gasteiger partial charge in [0.15, 0.2) is 0 Å². The lowest BCUT2D eigenvalue weighted by atomic mass is 10.1. The second kappa shape index (κ2) is 8.32. The van der Waals surface area contributed by atoms with Crippen molar-refractivity contribution in [3.63, 3.8) is 0 Å². The molecule has 0 atom stereocenters. The molecule has 0 amide bonds. The van der Waals surface area contributed by atoms with E-state index in [1.807, 2.05) is 35.7 Å². The molecule has 0 unspecified atom stereocenters. The Hall–Kier alpha value is -3.50. The van der Waals surface area contributed by atoms with Crippen LogP contribution < -0.4 is 11.3 Å². The highest BCUT2D eigenvalue weighted by Crippen LogP contribution is 2.34. The summed E-state index contributed by atoms with van der Waals surface area (Å²) in [5.74, 6) is -1.34. The van der Waals surface area contributed by atoms with Gasteiger partial charge in [0, 0.05) is 16.5 Å². The Balaban J connectivity index is 1.88. The van der Waals surface area contributed by atoms with Crippen molar-refractivity contribution in [3.05, 3.63) is 68.4 Å². The molecule has 10 heteroatoms. The Morgan fingerprint density at radius 2 is 1.84 bits per heavy atom. The van der Waals surface area contributed by atoms with Crippen molar-refractivity contribution in [1.82, 2.24) is 9.55 Å². The summed E-state index contributed by atoms with van der Waals surface area (Å²) < 4.78 is 11.0. The number of fused-ring (bicyclic) bond motifs is 1. The largest absolute Gasteiger partial charge is 0.465 e. The number of carbonyl (C=O) groups excluding carboxylic acids is 2. The number of nitrogens with zero attached hydrogens (tertiary/aromatic N) is 2. The minimum atomic E-state index is -0.693. The van der Waals surface area contributed by atoms with Crippen molar-refractivity contribution in [2.45, 2.75) is 6.54 Å². The fourth-order valence-electron chi connectivity index (χ4n) is 3.30. The maximum absolute atomic E-state index is 13.4. The van der Waals surface area contributed by atoms with E-state index in [4.69, 9.17) is 15.2 Å². The van der Waals surface area contributed by atoms with Crippen molar-refractivity contribution in [1.29, 1.82) is 0 Å². The number of carbonyl (C=O) groups is 2.